The van der Waals surface area contributed by atoms with E-state index in [0.29, 0.717) is 11.8 Å². The van der Waals surface area contributed by atoms with E-state index >= 15 is 0 Å². The number of rotatable bonds is 4. The Balaban J connectivity index is 1.25. The molecule has 0 bridgehead atoms. The maximum absolute atomic E-state index is 12.5. The molecular weight excluding hydrogens is 312 g/mol. The molecule has 3 aliphatic rings. The van der Waals surface area contributed by atoms with Gasteiger partial charge in [-0.25, -0.2) is 0 Å². The number of nitrogens with zero attached hydrogens (tertiary/aromatic N) is 1. The number of nitrogens with one attached hydrogen (secondary N) is 1. The fourth-order valence-electron chi connectivity index (χ4n) is 4.73. The van der Waals surface area contributed by atoms with Crippen LogP contribution >= 0.6 is 0 Å². The third kappa shape index (κ3) is 3.58. The molecule has 4 nitrogen and oxygen atoms in total. The summed E-state index contributed by atoms with van der Waals surface area (Å²) in [4.78, 5) is 26.9. The van der Waals surface area contributed by atoms with Crippen molar-refractivity contribution >= 4 is 11.8 Å². The third-order valence-electron chi connectivity index (χ3n) is 6.58. The standard InChI is InChI=1S/C21H28N2O2/c24-19(14-16-6-4-5-7-16)23-12-10-21(11-13-23)15-18(21)22-20(25)17-8-2-1-3-9-17/h1-3,8-9,16,18H,4-7,10-15H2,(H,22,25)/t18-/m0/s1. The Hall–Kier alpha value is -1.84. The van der Waals surface area contributed by atoms with E-state index in [-0.39, 0.29) is 17.4 Å². The summed E-state index contributed by atoms with van der Waals surface area (Å²) in [7, 11) is 0. The largest absolute Gasteiger partial charge is 0.349 e. The first-order valence-electron chi connectivity index (χ1n) is 9.80. The zero-order valence-electron chi connectivity index (χ0n) is 14.9. The van der Waals surface area contributed by atoms with Crippen LogP contribution in [-0.4, -0.2) is 35.8 Å². The van der Waals surface area contributed by atoms with Gasteiger partial charge >= 0.3 is 0 Å². The van der Waals surface area contributed by atoms with Crippen molar-refractivity contribution in [1.29, 1.82) is 0 Å². The van der Waals surface area contributed by atoms with Gasteiger partial charge in [0, 0.05) is 31.1 Å². The molecule has 0 aromatic heterocycles. The minimum atomic E-state index is 0.0298. The number of likely N-dealkylation sites (tertiary alicyclic amines) is 1. The van der Waals surface area contributed by atoms with Crippen LogP contribution in [0.3, 0.4) is 0 Å². The van der Waals surface area contributed by atoms with Crippen molar-refractivity contribution in [2.75, 3.05) is 13.1 Å². The molecule has 1 aromatic carbocycles. The van der Waals surface area contributed by atoms with Crippen LogP contribution in [-0.2, 0) is 4.79 Å². The van der Waals surface area contributed by atoms with E-state index in [4.69, 9.17) is 0 Å². The molecule has 0 unspecified atom stereocenters. The van der Waals surface area contributed by atoms with Crippen molar-refractivity contribution in [3.05, 3.63) is 35.9 Å². The first-order chi connectivity index (χ1) is 12.2. The highest BCUT2D eigenvalue weighted by atomic mass is 16.2. The molecule has 1 saturated heterocycles. The van der Waals surface area contributed by atoms with E-state index in [0.717, 1.165) is 44.3 Å². The van der Waals surface area contributed by atoms with Crippen molar-refractivity contribution in [3.8, 4) is 0 Å². The van der Waals surface area contributed by atoms with Gasteiger partial charge in [0.1, 0.15) is 0 Å². The van der Waals surface area contributed by atoms with Gasteiger partial charge in [-0.15, -0.1) is 0 Å². The van der Waals surface area contributed by atoms with Gasteiger partial charge in [-0.2, -0.15) is 0 Å². The number of amides is 2. The maximum atomic E-state index is 12.5. The molecule has 2 aliphatic carbocycles. The fraction of sp³-hybridized carbons (Fsp3) is 0.619. The second kappa shape index (κ2) is 6.81. The first kappa shape index (κ1) is 16.6. The summed E-state index contributed by atoms with van der Waals surface area (Å²) in [6.07, 6.45) is 8.94. The van der Waals surface area contributed by atoms with Gasteiger partial charge in [0.05, 0.1) is 0 Å². The molecule has 3 fully saturated rings. The summed E-state index contributed by atoms with van der Waals surface area (Å²) < 4.78 is 0. The molecule has 4 rings (SSSR count). The smallest absolute Gasteiger partial charge is 0.251 e. The fourth-order valence-corrected chi connectivity index (χ4v) is 4.73. The number of benzene rings is 1. The number of hydrogen-bond donors (Lipinski definition) is 1. The Morgan fingerprint density at radius 3 is 2.44 bits per heavy atom. The lowest BCUT2D eigenvalue weighted by Crippen LogP contribution is -2.42. The topological polar surface area (TPSA) is 49.4 Å². The van der Waals surface area contributed by atoms with Crippen molar-refractivity contribution in [3.63, 3.8) is 0 Å². The predicted molar refractivity (Wildman–Crippen MR) is 97.1 cm³/mol. The Labute approximate surface area is 150 Å². The Kier molecular flexibility index (Phi) is 4.53. The molecule has 1 spiro atoms. The van der Waals surface area contributed by atoms with Crippen LogP contribution in [0.25, 0.3) is 0 Å². The second-order valence-electron chi connectivity index (χ2n) is 8.19. The highest BCUT2D eigenvalue weighted by Gasteiger charge is 2.55. The SMILES string of the molecule is O=C(N[C@H]1CC12CCN(C(=O)CC1CCCC1)CC2)c1ccccc1. The number of hydrogen-bond acceptors (Lipinski definition) is 2. The van der Waals surface area contributed by atoms with Crippen LogP contribution in [0.2, 0.25) is 0 Å². The third-order valence-corrected chi connectivity index (χ3v) is 6.58. The van der Waals surface area contributed by atoms with Gasteiger partial charge in [0.15, 0.2) is 0 Å². The highest BCUT2D eigenvalue weighted by molar-refractivity contribution is 5.94. The summed E-state index contributed by atoms with van der Waals surface area (Å²) in [5.41, 5.74) is 0.975. The Morgan fingerprint density at radius 2 is 1.76 bits per heavy atom. The molecule has 1 heterocycles. The van der Waals surface area contributed by atoms with Crippen molar-refractivity contribution in [1.82, 2.24) is 10.2 Å². The second-order valence-corrected chi connectivity index (χ2v) is 8.19. The van der Waals surface area contributed by atoms with Crippen LogP contribution in [0.15, 0.2) is 30.3 Å². The summed E-state index contributed by atoms with van der Waals surface area (Å²) in [6.45, 7) is 1.73. The minimum Gasteiger partial charge on any atom is -0.349 e. The number of carbonyl (C=O) groups excluding carboxylic acids is 2. The first-order valence-corrected chi connectivity index (χ1v) is 9.80. The Bertz CT molecular complexity index is 629. The lowest BCUT2D eigenvalue weighted by molar-refractivity contribution is -0.133. The molecule has 2 saturated carbocycles. The van der Waals surface area contributed by atoms with Gasteiger partial charge in [0.25, 0.3) is 5.91 Å². The molecule has 1 aromatic rings. The zero-order chi connectivity index (χ0) is 17.3. The minimum absolute atomic E-state index is 0.0298. The zero-order valence-corrected chi connectivity index (χ0v) is 14.9. The molecular formula is C21H28N2O2. The van der Waals surface area contributed by atoms with Gasteiger partial charge in [-0.3, -0.25) is 9.59 Å². The molecule has 134 valence electrons. The molecule has 1 aliphatic heterocycles. The van der Waals surface area contributed by atoms with E-state index in [1.54, 1.807) is 0 Å². The monoisotopic (exact) mass is 340 g/mol. The molecule has 2 amide bonds. The average molecular weight is 340 g/mol. The highest BCUT2D eigenvalue weighted by Crippen LogP contribution is 2.54. The lowest BCUT2D eigenvalue weighted by Gasteiger charge is -2.33. The Morgan fingerprint density at radius 1 is 1.08 bits per heavy atom. The van der Waals surface area contributed by atoms with Gasteiger partial charge in [-0.1, -0.05) is 31.0 Å². The van der Waals surface area contributed by atoms with Crippen molar-refractivity contribution in [2.24, 2.45) is 11.3 Å². The van der Waals surface area contributed by atoms with E-state index in [1.807, 2.05) is 30.3 Å². The number of piperidine rings is 1. The van der Waals surface area contributed by atoms with Crippen LogP contribution in [0.5, 0.6) is 0 Å². The van der Waals surface area contributed by atoms with Gasteiger partial charge in [0.2, 0.25) is 5.91 Å². The van der Waals surface area contributed by atoms with Crippen LogP contribution < -0.4 is 5.32 Å². The molecule has 25 heavy (non-hydrogen) atoms. The average Bonchev–Trinajstić information content (AvgIpc) is 3.05. The molecule has 4 heteroatoms. The predicted octanol–water partition coefficient (Wildman–Crippen LogP) is 3.38. The van der Waals surface area contributed by atoms with Gasteiger partial charge < -0.3 is 10.2 Å². The molecule has 0 radical (unpaired) electrons. The number of carbonyl (C=O) groups is 2. The summed E-state index contributed by atoms with van der Waals surface area (Å²) in [5, 5.41) is 3.19. The van der Waals surface area contributed by atoms with Crippen LogP contribution in [0, 0.1) is 11.3 Å². The maximum Gasteiger partial charge on any atom is 0.251 e. The van der Waals surface area contributed by atoms with E-state index in [9.17, 15) is 9.59 Å². The van der Waals surface area contributed by atoms with Crippen LogP contribution in [0.4, 0.5) is 0 Å². The van der Waals surface area contributed by atoms with Gasteiger partial charge in [-0.05, 0) is 55.6 Å². The molecule has 1 atom stereocenters. The van der Waals surface area contributed by atoms with E-state index in [2.05, 4.69) is 10.2 Å². The van der Waals surface area contributed by atoms with Crippen molar-refractivity contribution < 1.29 is 9.59 Å². The van der Waals surface area contributed by atoms with E-state index < -0.39 is 0 Å². The van der Waals surface area contributed by atoms with E-state index in [1.165, 1.54) is 25.7 Å². The lowest BCUT2D eigenvalue weighted by atomic mass is 9.91. The van der Waals surface area contributed by atoms with Crippen LogP contribution in [0.1, 0.15) is 61.7 Å². The normalized spacial score (nSPS) is 25.1. The molecule has 1 N–H and O–H groups in total. The van der Waals surface area contributed by atoms with Crippen molar-refractivity contribution in [2.45, 2.75) is 57.4 Å². The summed E-state index contributed by atoms with van der Waals surface area (Å²) >= 11 is 0. The summed E-state index contributed by atoms with van der Waals surface area (Å²) in [5.74, 6) is 1.01. The quantitative estimate of drug-likeness (QED) is 0.913. The summed E-state index contributed by atoms with van der Waals surface area (Å²) in [6, 6.07) is 9.71.